The molecule has 5 heterocycles. The first-order chi connectivity index (χ1) is 18.5. The minimum absolute atomic E-state index is 0.0355. The number of aromatic amines is 1. The molecule has 1 aliphatic carbocycles. The molecule has 0 radical (unpaired) electrons. The van der Waals surface area contributed by atoms with Crippen molar-refractivity contribution >= 4 is 16.9 Å². The minimum Gasteiger partial charge on any atom is -0.346 e. The number of fused-ring (bicyclic) bond motifs is 1. The van der Waals surface area contributed by atoms with Gasteiger partial charge in [0.25, 0.3) is 5.91 Å². The standard InChI is InChI=1S/C27H30N10O/c1-18(2)24-29-8-4-22(34-24)26(38)36-11-9-35(10-12-36)20-13-27(14-20,5-6-28)37-16-19(15-33-37)23-21-3-7-30-25(21)32-17-31-23/h3-4,7-8,15-18,20H,5,9-14H2,1-2H3,(H,30,31,32). The highest BCUT2D eigenvalue weighted by atomic mass is 16.2. The fourth-order valence-electron chi connectivity index (χ4n) is 5.67. The normalized spacial score (nSPS) is 21.9. The van der Waals surface area contributed by atoms with E-state index < -0.39 is 0 Å². The van der Waals surface area contributed by atoms with Gasteiger partial charge in [-0.1, -0.05) is 13.8 Å². The van der Waals surface area contributed by atoms with Crippen molar-refractivity contribution in [2.75, 3.05) is 26.2 Å². The average molecular weight is 511 g/mol. The molecular formula is C27H30N10O. The number of rotatable bonds is 6. The predicted octanol–water partition coefficient (Wildman–Crippen LogP) is 2.96. The Kier molecular flexibility index (Phi) is 6.12. The van der Waals surface area contributed by atoms with Crippen molar-refractivity contribution in [3.8, 4) is 17.3 Å². The Morgan fingerprint density at radius 3 is 2.76 bits per heavy atom. The van der Waals surface area contributed by atoms with Crippen LogP contribution < -0.4 is 0 Å². The molecule has 1 amide bonds. The summed E-state index contributed by atoms with van der Waals surface area (Å²) in [4.78, 5) is 38.0. The molecule has 2 fully saturated rings. The first kappa shape index (κ1) is 24.2. The molecular weight excluding hydrogens is 480 g/mol. The van der Waals surface area contributed by atoms with Crippen LogP contribution in [0, 0.1) is 11.3 Å². The van der Waals surface area contributed by atoms with Crippen LogP contribution in [0.15, 0.2) is 43.2 Å². The van der Waals surface area contributed by atoms with Gasteiger partial charge in [-0.05, 0) is 25.0 Å². The lowest BCUT2D eigenvalue weighted by molar-refractivity contribution is -0.0159. The topological polar surface area (TPSA) is 133 Å². The van der Waals surface area contributed by atoms with Gasteiger partial charge in [-0.25, -0.2) is 19.9 Å². The van der Waals surface area contributed by atoms with E-state index in [1.807, 2.05) is 48.1 Å². The van der Waals surface area contributed by atoms with E-state index in [9.17, 15) is 10.1 Å². The van der Waals surface area contributed by atoms with Gasteiger partial charge in [0.2, 0.25) is 0 Å². The highest BCUT2D eigenvalue weighted by molar-refractivity contribution is 5.92. The van der Waals surface area contributed by atoms with Crippen molar-refractivity contribution in [1.29, 1.82) is 5.26 Å². The van der Waals surface area contributed by atoms with E-state index in [0.29, 0.717) is 37.1 Å². The second-order valence-corrected chi connectivity index (χ2v) is 10.5. The van der Waals surface area contributed by atoms with Crippen molar-refractivity contribution in [3.05, 3.63) is 54.8 Å². The van der Waals surface area contributed by atoms with Crippen molar-refractivity contribution in [2.24, 2.45) is 0 Å². The number of amides is 1. The van der Waals surface area contributed by atoms with Gasteiger partial charge in [0, 0.05) is 67.7 Å². The molecule has 1 saturated heterocycles. The molecule has 6 rings (SSSR count). The number of nitriles is 1. The fourth-order valence-corrected chi connectivity index (χ4v) is 5.67. The number of aromatic nitrogens is 7. The lowest BCUT2D eigenvalue weighted by Gasteiger charge is -2.52. The summed E-state index contributed by atoms with van der Waals surface area (Å²) in [5, 5.41) is 15.3. The van der Waals surface area contributed by atoms with Crippen LogP contribution >= 0.6 is 0 Å². The molecule has 0 spiro atoms. The van der Waals surface area contributed by atoms with Gasteiger partial charge in [-0.2, -0.15) is 10.4 Å². The first-order valence-corrected chi connectivity index (χ1v) is 13.0. The molecule has 0 atom stereocenters. The fraction of sp³-hybridized carbons (Fsp3) is 0.444. The highest BCUT2D eigenvalue weighted by Gasteiger charge is 2.49. The highest BCUT2D eigenvalue weighted by Crippen LogP contribution is 2.45. The third kappa shape index (κ3) is 4.20. The van der Waals surface area contributed by atoms with E-state index in [2.05, 4.69) is 41.0 Å². The number of carbonyl (C=O) groups excluding carboxylic acids is 1. The molecule has 11 nitrogen and oxygen atoms in total. The SMILES string of the molecule is CC(C)c1nccc(C(=O)N2CCN(C3CC(CC#N)(n4cc(-c5ncnc6[nH]ccc56)cn4)C3)CC2)n1. The van der Waals surface area contributed by atoms with Gasteiger partial charge in [0.1, 0.15) is 23.5 Å². The van der Waals surface area contributed by atoms with Crippen molar-refractivity contribution in [2.45, 2.75) is 50.6 Å². The van der Waals surface area contributed by atoms with E-state index in [0.717, 1.165) is 48.2 Å². The molecule has 1 N–H and O–H groups in total. The van der Waals surface area contributed by atoms with E-state index in [-0.39, 0.29) is 17.4 Å². The molecule has 0 unspecified atom stereocenters. The van der Waals surface area contributed by atoms with Crippen LogP contribution in [0.2, 0.25) is 0 Å². The van der Waals surface area contributed by atoms with E-state index in [1.54, 1.807) is 18.6 Å². The van der Waals surface area contributed by atoms with E-state index >= 15 is 0 Å². The average Bonchev–Trinajstić information content (AvgIpc) is 3.61. The Bertz CT molecular complexity index is 1500. The molecule has 11 heteroatoms. The number of carbonyl (C=O) groups is 1. The van der Waals surface area contributed by atoms with Gasteiger partial charge < -0.3 is 9.88 Å². The Morgan fingerprint density at radius 1 is 1.18 bits per heavy atom. The predicted molar refractivity (Wildman–Crippen MR) is 140 cm³/mol. The first-order valence-electron chi connectivity index (χ1n) is 13.0. The van der Waals surface area contributed by atoms with Gasteiger partial charge in [0.05, 0.1) is 29.9 Å². The molecule has 0 bridgehead atoms. The molecule has 2 aliphatic rings. The molecule has 1 saturated carbocycles. The van der Waals surface area contributed by atoms with Crippen LogP contribution in [0.3, 0.4) is 0 Å². The van der Waals surface area contributed by atoms with Gasteiger partial charge >= 0.3 is 0 Å². The lowest BCUT2D eigenvalue weighted by atomic mass is 9.70. The lowest BCUT2D eigenvalue weighted by Crippen LogP contribution is -2.60. The zero-order valence-corrected chi connectivity index (χ0v) is 21.6. The zero-order chi connectivity index (χ0) is 26.3. The van der Waals surface area contributed by atoms with Crippen molar-refractivity contribution < 1.29 is 4.79 Å². The maximum atomic E-state index is 13.1. The van der Waals surface area contributed by atoms with Crippen LogP contribution in [0.1, 0.15) is 55.3 Å². The zero-order valence-electron chi connectivity index (χ0n) is 21.6. The second kappa shape index (κ2) is 9.61. The molecule has 194 valence electrons. The number of piperazine rings is 1. The summed E-state index contributed by atoms with van der Waals surface area (Å²) in [5.74, 6) is 0.830. The van der Waals surface area contributed by atoms with Crippen molar-refractivity contribution in [3.63, 3.8) is 0 Å². The van der Waals surface area contributed by atoms with Gasteiger partial charge in [0.15, 0.2) is 0 Å². The maximum absolute atomic E-state index is 13.1. The van der Waals surface area contributed by atoms with Gasteiger partial charge in [-0.3, -0.25) is 14.4 Å². The summed E-state index contributed by atoms with van der Waals surface area (Å²) in [7, 11) is 0. The quantitative estimate of drug-likeness (QED) is 0.419. The second-order valence-electron chi connectivity index (χ2n) is 10.5. The Hall–Kier alpha value is -4.17. The summed E-state index contributed by atoms with van der Waals surface area (Å²) in [6.07, 6.45) is 11.0. The van der Waals surface area contributed by atoms with Crippen LogP contribution in [0.5, 0.6) is 0 Å². The number of hydrogen-bond acceptors (Lipinski definition) is 8. The molecule has 4 aromatic heterocycles. The van der Waals surface area contributed by atoms with Crippen molar-refractivity contribution in [1.82, 2.24) is 44.5 Å². The molecule has 1 aliphatic heterocycles. The largest absolute Gasteiger partial charge is 0.346 e. The number of H-pyrrole nitrogens is 1. The maximum Gasteiger partial charge on any atom is 0.272 e. The summed E-state index contributed by atoms with van der Waals surface area (Å²) < 4.78 is 1.96. The summed E-state index contributed by atoms with van der Waals surface area (Å²) >= 11 is 0. The van der Waals surface area contributed by atoms with Crippen LogP contribution in [-0.4, -0.2) is 82.6 Å². The Balaban J connectivity index is 1.11. The molecule has 0 aromatic carbocycles. The molecule has 38 heavy (non-hydrogen) atoms. The Morgan fingerprint density at radius 2 is 2.00 bits per heavy atom. The van der Waals surface area contributed by atoms with E-state index in [4.69, 9.17) is 0 Å². The van der Waals surface area contributed by atoms with Crippen LogP contribution in [-0.2, 0) is 5.54 Å². The summed E-state index contributed by atoms with van der Waals surface area (Å²) in [6, 6.07) is 6.40. The third-order valence-corrected chi connectivity index (χ3v) is 7.86. The van der Waals surface area contributed by atoms with Gasteiger partial charge in [-0.15, -0.1) is 0 Å². The smallest absolute Gasteiger partial charge is 0.272 e. The number of nitrogens with one attached hydrogen (secondary N) is 1. The third-order valence-electron chi connectivity index (χ3n) is 7.86. The summed E-state index contributed by atoms with van der Waals surface area (Å²) in [6.45, 7) is 6.97. The molecule has 4 aromatic rings. The minimum atomic E-state index is -0.330. The monoisotopic (exact) mass is 510 g/mol. The Labute approximate surface area is 220 Å². The number of hydrogen-bond donors (Lipinski definition) is 1. The summed E-state index contributed by atoms with van der Waals surface area (Å²) in [5.41, 5.74) is 2.66. The van der Waals surface area contributed by atoms with Crippen LogP contribution in [0.25, 0.3) is 22.3 Å². The number of nitrogens with zero attached hydrogens (tertiary/aromatic N) is 9. The van der Waals surface area contributed by atoms with Crippen LogP contribution in [0.4, 0.5) is 0 Å². The van der Waals surface area contributed by atoms with E-state index in [1.165, 1.54) is 0 Å².